The monoisotopic (exact) mass is 270 g/mol. The molecule has 112 valence electrons. The second-order valence-electron chi connectivity index (χ2n) is 6.02. The first kappa shape index (κ1) is 16.4. The van der Waals surface area contributed by atoms with Crippen LogP contribution in [0.15, 0.2) is 0 Å². The van der Waals surface area contributed by atoms with Gasteiger partial charge in [0.25, 0.3) is 0 Å². The first-order valence-electron chi connectivity index (χ1n) is 7.72. The number of hydrogen-bond acceptors (Lipinski definition) is 3. The normalized spacial score (nSPS) is 18.5. The first-order valence-corrected chi connectivity index (χ1v) is 7.72. The van der Waals surface area contributed by atoms with E-state index in [0.717, 1.165) is 25.4 Å². The minimum Gasteiger partial charge on any atom is -0.480 e. The quantitative estimate of drug-likeness (QED) is 0.605. The summed E-state index contributed by atoms with van der Waals surface area (Å²) >= 11 is 0. The lowest BCUT2D eigenvalue weighted by Crippen LogP contribution is -2.49. The first-order chi connectivity index (χ1) is 9.01. The molecule has 0 aromatic heterocycles. The largest absolute Gasteiger partial charge is 0.480 e. The van der Waals surface area contributed by atoms with Crippen LogP contribution in [-0.4, -0.2) is 47.7 Å². The molecule has 4 heteroatoms. The predicted octanol–water partition coefficient (Wildman–Crippen LogP) is 2.34. The number of carboxylic acids is 1. The van der Waals surface area contributed by atoms with E-state index in [9.17, 15) is 9.90 Å². The third kappa shape index (κ3) is 5.91. The lowest BCUT2D eigenvalue weighted by atomic mass is 9.95. The standard InChI is InChI=1S/C15H30N2O2/c1-4-10-17(12-13-7-8-13)11-6-9-15(3,14(18)19)16-5-2/h13,16H,4-12H2,1-3H3,(H,18,19). The Morgan fingerprint density at radius 3 is 2.53 bits per heavy atom. The molecule has 1 saturated carbocycles. The maximum atomic E-state index is 11.3. The number of aliphatic carboxylic acids is 1. The van der Waals surface area contributed by atoms with Crippen LogP contribution >= 0.6 is 0 Å². The molecule has 19 heavy (non-hydrogen) atoms. The Labute approximate surface area is 117 Å². The number of nitrogens with zero attached hydrogens (tertiary/aromatic N) is 1. The maximum Gasteiger partial charge on any atom is 0.323 e. The van der Waals surface area contributed by atoms with Crippen molar-refractivity contribution in [1.82, 2.24) is 10.2 Å². The van der Waals surface area contributed by atoms with Crippen LogP contribution < -0.4 is 5.32 Å². The van der Waals surface area contributed by atoms with Gasteiger partial charge in [0.1, 0.15) is 5.54 Å². The van der Waals surface area contributed by atoms with Crippen molar-refractivity contribution >= 4 is 5.97 Å². The summed E-state index contributed by atoms with van der Waals surface area (Å²) in [5, 5.41) is 12.4. The summed E-state index contributed by atoms with van der Waals surface area (Å²) in [6, 6.07) is 0. The van der Waals surface area contributed by atoms with Crippen LogP contribution in [-0.2, 0) is 4.79 Å². The SMILES string of the molecule is CCCN(CCCC(C)(NCC)C(=O)O)CC1CC1. The van der Waals surface area contributed by atoms with Gasteiger partial charge in [-0.05, 0) is 64.6 Å². The molecule has 1 fully saturated rings. The molecule has 2 N–H and O–H groups in total. The summed E-state index contributed by atoms with van der Waals surface area (Å²) in [5.74, 6) is 0.171. The molecule has 0 radical (unpaired) electrons. The molecule has 0 amide bonds. The van der Waals surface area contributed by atoms with E-state index in [0.29, 0.717) is 13.0 Å². The van der Waals surface area contributed by atoms with Crippen molar-refractivity contribution in [3.63, 3.8) is 0 Å². The third-order valence-electron chi connectivity index (χ3n) is 3.94. The number of carbonyl (C=O) groups is 1. The molecule has 0 bridgehead atoms. The van der Waals surface area contributed by atoms with E-state index < -0.39 is 11.5 Å². The molecular weight excluding hydrogens is 240 g/mol. The van der Waals surface area contributed by atoms with Crippen LogP contribution in [0.25, 0.3) is 0 Å². The Kier molecular flexibility index (Phi) is 6.80. The Balaban J connectivity index is 2.33. The highest BCUT2D eigenvalue weighted by atomic mass is 16.4. The third-order valence-corrected chi connectivity index (χ3v) is 3.94. The molecule has 0 aliphatic heterocycles. The van der Waals surface area contributed by atoms with Crippen LogP contribution in [0.1, 0.15) is 52.9 Å². The summed E-state index contributed by atoms with van der Waals surface area (Å²) in [5.41, 5.74) is -0.772. The number of likely N-dealkylation sites (N-methyl/N-ethyl adjacent to an activating group) is 1. The van der Waals surface area contributed by atoms with Gasteiger partial charge in [0, 0.05) is 6.54 Å². The molecule has 1 unspecified atom stereocenters. The molecular formula is C15H30N2O2. The summed E-state index contributed by atoms with van der Waals surface area (Å²) in [6.07, 6.45) is 5.58. The molecule has 0 saturated heterocycles. The fourth-order valence-corrected chi connectivity index (χ4v) is 2.59. The van der Waals surface area contributed by atoms with E-state index in [1.165, 1.54) is 25.8 Å². The van der Waals surface area contributed by atoms with Gasteiger partial charge in [-0.2, -0.15) is 0 Å². The average molecular weight is 270 g/mol. The van der Waals surface area contributed by atoms with Gasteiger partial charge in [0.05, 0.1) is 0 Å². The van der Waals surface area contributed by atoms with Gasteiger partial charge in [-0.15, -0.1) is 0 Å². The predicted molar refractivity (Wildman–Crippen MR) is 78.4 cm³/mol. The molecule has 4 nitrogen and oxygen atoms in total. The average Bonchev–Trinajstić information content (AvgIpc) is 3.13. The summed E-state index contributed by atoms with van der Waals surface area (Å²) in [4.78, 5) is 13.8. The van der Waals surface area contributed by atoms with Crippen molar-refractivity contribution in [2.24, 2.45) is 5.92 Å². The Morgan fingerprint density at radius 2 is 2.05 bits per heavy atom. The van der Waals surface area contributed by atoms with Gasteiger partial charge in [-0.1, -0.05) is 13.8 Å². The molecule has 1 atom stereocenters. The Morgan fingerprint density at radius 1 is 1.37 bits per heavy atom. The summed E-state index contributed by atoms with van der Waals surface area (Å²) < 4.78 is 0. The van der Waals surface area contributed by atoms with Gasteiger partial charge in [-0.25, -0.2) is 0 Å². The van der Waals surface area contributed by atoms with Crippen LogP contribution in [0.2, 0.25) is 0 Å². The minimum atomic E-state index is -0.772. The number of carboxylic acid groups (broad SMARTS) is 1. The van der Waals surface area contributed by atoms with Crippen LogP contribution in [0.4, 0.5) is 0 Å². The highest BCUT2D eigenvalue weighted by Gasteiger charge is 2.31. The highest BCUT2D eigenvalue weighted by molar-refractivity contribution is 5.78. The number of rotatable bonds is 11. The second kappa shape index (κ2) is 7.85. The van der Waals surface area contributed by atoms with Crippen molar-refractivity contribution in [1.29, 1.82) is 0 Å². The van der Waals surface area contributed by atoms with Crippen molar-refractivity contribution in [3.05, 3.63) is 0 Å². The Hall–Kier alpha value is -0.610. The van der Waals surface area contributed by atoms with Gasteiger partial charge < -0.3 is 15.3 Å². The van der Waals surface area contributed by atoms with Crippen LogP contribution in [0.5, 0.6) is 0 Å². The smallest absolute Gasteiger partial charge is 0.323 e. The molecule has 1 aliphatic rings. The summed E-state index contributed by atoms with van der Waals surface area (Å²) in [6.45, 7) is 10.0. The topological polar surface area (TPSA) is 52.6 Å². The zero-order chi connectivity index (χ0) is 14.3. The minimum absolute atomic E-state index is 0.695. The van der Waals surface area contributed by atoms with Gasteiger partial charge in [0.15, 0.2) is 0 Å². The van der Waals surface area contributed by atoms with Crippen molar-refractivity contribution in [2.45, 2.75) is 58.4 Å². The van der Waals surface area contributed by atoms with Crippen LogP contribution in [0.3, 0.4) is 0 Å². The fourth-order valence-electron chi connectivity index (χ4n) is 2.59. The fraction of sp³-hybridized carbons (Fsp3) is 0.933. The van der Waals surface area contributed by atoms with Gasteiger partial charge in [-0.3, -0.25) is 4.79 Å². The second-order valence-corrected chi connectivity index (χ2v) is 6.02. The zero-order valence-corrected chi connectivity index (χ0v) is 12.7. The van der Waals surface area contributed by atoms with E-state index in [1.54, 1.807) is 6.92 Å². The van der Waals surface area contributed by atoms with Gasteiger partial charge >= 0.3 is 5.97 Å². The van der Waals surface area contributed by atoms with E-state index in [4.69, 9.17) is 0 Å². The lowest BCUT2D eigenvalue weighted by molar-refractivity contribution is -0.144. The molecule has 0 spiro atoms. The maximum absolute atomic E-state index is 11.3. The van der Waals surface area contributed by atoms with Gasteiger partial charge in [0.2, 0.25) is 0 Å². The molecule has 1 aliphatic carbocycles. The van der Waals surface area contributed by atoms with Crippen molar-refractivity contribution in [2.75, 3.05) is 26.2 Å². The van der Waals surface area contributed by atoms with E-state index >= 15 is 0 Å². The van der Waals surface area contributed by atoms with Crippen molar-refractivity contribution < 1.29 is 9.90 Å². The lowest BCUT2D eigenvalue weighted by Gasteiger charge is -2.28. The zero-order valence-electron chi connectivity index (χ0n) is 12.7. The van der Waals surface area contributed by atoms with Crippen molar-refractivity contribution in [3.8, 4) is 0 Å². The molecule has 0 aromatic carbocycles. The summed E-state index contributed by atoms with van der Waals surface area (Å²) in [7, 11) is 0. The van der Waals surface area contributed by atoms with E-state index in [2.05, 4.69) is 17.1 Å². The van der Waals surface area contributed by atoms with Crippen LogP contribution in [0, 0.1) is 5.92 Å². The Bertz CT molecular complexity index is 279. The molecule has 0 aromatic rings. The number of hydrogen-bond donors (Lipinski definition) is 2. The highest BCUT2D eigenvalue weighted by Crippen LogP contribution is 2.29. The van der Waals surface area contributed by atoms with E-state index in [-0.39, 0.29) is 0 Å². The molecule has 1 rings (SSSR count). The molecule has 0 heterocycles. The number of nitrogens with one attached hydrogen (secondary N) is 1. The van der Waals surface area contributed by atoms with E-state index in [1.807, 2.05) is 6.92 Å².